The summed E-state index contributed by atoms with van der Waals surface area (Å²) in [5, 5.41) is 0. The zero-order valence-electron chi connectivity index (χ0n) is 10.1. The molecule has 0 bridgehead atoms. The van der Waals surface area contributed by atoms with E-state index in [0.29, 0.717) is 18.1 Å². The van der Waals surface area contributed by atoms with Gasteiger partial charge in [-0.05, 0) is 18.4 Å². The van der Waals surface area contributed by atoms with E-state index in [0.717, 1.165) is 5.56 Å². The summed E-state index contributed by atoms with van der Waals surface area (Å²) < 4.78 is 10.0. The van der Waals surface area contributed by atoms with Gasteiger partial charge in [0.25, 0.3) is 0 Å². The second kappa shape index (κ2) is 5.49. The number of rotatable bonds is 4. The number of carbonyl (C=O) groups is 1. The van der Waals surface area contributed by atoms with Crippen LogP contribution in [0.1, 0.15) is 42.6 Å². The van der Waals surface area contributed by atoms with Crippen molar-refractivity contribution in [3.05, 3.63) is 23.4 Å². The SMILES string of the molecule is CCOC(=O)c1cnc(OC)cc1C(C)C. The molecular formula is C12H17NO3. The molecule has 1 aromatic heterocycles. The minimum absolute atomic E-state index is 0.219. The third-order valence-electron chi connectivity index (χ3n) is 2.24. The molecule has 0 aliphatic carbocycles. The Morgan fingerprint density at radius 2 is 2.19 bits per heavy atom. The summed E-state index contributed by atoms with van der Waals surface area (Å²) in [5.41, 5.74) is 1.41. The van der Waals surface area contributed by atoms with Crippen molar-refractivity contribution in [3.63, 3.8) is 0 Å². The Balaban J connectivity index is 3.12. The molecule has 0 N–H and O–H groups in total. The molecule has 0 aromatic carbocycles. The Bertz CT molecular complexity index is 375. The summed E-state index contributed by atoms with van der Waals surface area (Å²) in [6.45, 7) is 6.17. The average molecular weight is 223 g/mol. The van der Waals surface area contributed by atoms with Crippen molar-refractivity contribution in [1.29, 1.82) is 0 Å². The monoisotopic (exact) mass is 223 g/mol. The van der Waals surface area contributed by atoms with Gasteiger partial charge in [-0.2, -0.15) is 0 Å². The minimum atomic E-state index is -0.332. The summed E-state index contributed by atoms with van der Waals surface area (Å²) >= 11 is 0. The van der Waals surface area contributed by atoms with Crippen LogP contribution in [0.15, 0.2) is 12.3 Å². The molecule has 0 aliphatic rings. The Kier molecular flexibility index (Phi) is 4.28. The lowest BCUT2D eigenvalue weighted by atomic mass is 9.99. The largest absolute Gasteiger partial charge is 0.481 e. The molecule has 0 atom stereocenters. The van der Waals surface area contributed by atoms with E-state index in [2.05, 4.69) is 4.98 Å². The molecule has 1 aromatic rings. The predicted molar refractivity (Wildman–Crippen MR) is 60.8 cm³/mol. The van der Waals surface area contributed by atoms with E-state index in [1.54, 1.807) is 20.1 Å². The molecule has 0 fully saturated rings. The Morgan fingerprint density at radius 3 is 2.69 bits per heavy atom. The van der Waals surface area contributed by atoms with Crippen LogP contribution in [0.2, 0.25) is 0 Å². The highest BCUT2D eigenvalue weighted by Crippen LogP contribution is 2.23. The minimum Gasteiger partial charge on any atom is -0.481 e. The first-order chi connectivity index (χ1) is 7.60. The second-order valence-corrected chi connectivity index (χ2v) is 3.69. The molecule has 16 heavy (non-hydrogen) atoms. The normalized spacial score (nSPS) is 10.3. The van der Waals surface area contributed by atoms with Gasteiger partial charge in [-0.1, -0.05) is 13.8 Å². The fourth-order valence-corrected chi connectivity index (χ4v) is 1.42. The average Bonchev–Trinajstić information content (AvgIpc) is 2.28. The summed E-state index contributed by atoms with van der Waals surface area (Å²) in [6, 6.07) is 1.77. The molecule has 0 spiro atoms. The zero-order valence-corrected chi connectivity index (χ0v) is 10.1. The van der Waals surface area contributed by atoms with Gasteiger partial charge in [0.2, 0.25) is 5.88 Å². The van der Waals surface area contributed by atoms with Crippen molar-refractivity contribution in [1.82, 2.24) is 4.98 Å². The number of hydrogen-bond acceptors (Lipinski definition) is 4. The second-order valence-electron chi connectivity index (χ2n) is 3.69. The van der Waals surface area contributed by atoms with Crippen LogP contribution in [-0.2, 0) is 4.74 Å². The van der Waals surface area contributed by atoms with E-state index < -0.39 is 0 Å². The smallest absolute Gasteiger partial charge is 0.339 e. The fourth-order valence-electron chi connectivity index (χ4n) is 1.42. The van der Waals surface area contributed by atoms with Gasteiger partial charge < -0.3 is 9.47 Å². The number of nitrogens with zero attached hydrogens (tertiary/aromatic N) is 1. The quantitative estimate of drug-likeness (QED) is 0.735. The van der Waals surface area contributed by atoms with Crippen molar-refractivity contribution in [2.75, 3.05) is 13.7 Å². The lowest BCUT2D eigenvalue weighted by molar-refractivity contribution is 0.0524. The predicted octanol–water partition coefficient (Wildman–Crippen LogP) is 2.39. The van der Waals surface area contributed by atoms with Crippen molar-refractivity contribution in [2.45, 2.75) is 26.7 Å². The number of carbonyl (C=O) groups excluding carboxylic acids is 1. The first kappa shape index (κ1) is 12.5. The molecule has 0 amide bonds. The van der Waals surface area contributed by atoms with Gasteiger partial charge in [0, 0.05) is 12.3 Å². The van der Waals surface area contributed by atoms with Gasteiger partial charge in [-0.15, -0.1) is 0 Å². The number of methoxy groups -OCH3 is 1. The maximum absolute atomic E-state index is 11.7. The van der Waals surface area contributed by atoms with Gasteiger partial charge in [0.05, 0.1) is 19.3 Å². The maximum atomic E-state index is 11.7. The van der Waals surface area contributed by atoms with E-state index in [-0.39, 0.29) is 11.9 Å². The van der Waals surface area contributed by atoms with Crippen LogP contribution in [0.5, 0.6) is 5.88 Å². The molecule has 88 valence electrons. The number of esters is 1. The standard InChI is InChI=1S/C12H17NO3/c1-5-16-12(14)10-7-13-11(15-4)6-9(10)8(2)3/h6-8H,5H2,1-4H3. The lowest BCUT2D eigenvalue weighted by Crippen LogP contribution is -2.10. The van der Waals surface area contributed by atoms with Crippen LogP contribution in [0.25, 0.3) is 0 Å². The Morgan fingerprint density at radius 1 is 1.50 bits per heavy atom. The van der Waals surface area contributed by atoms with Gasteiger partial charge >= 0.3 is 5.97 Å². The summed E-state index contributed by atoms with van der Waals surface area (Å²) in [4.78, 5) is 15.7. The van der Waals surface area contributed by atoms with Crippen molar-refractivity contribution in [2.24, 2.45) is 0 Å². The first-order valence-corrected chi connectivity index (χ1v) is 5.31. The molecule has 0 radical (unpaired) electrons. The third-order valence-corrected chi connectivity index (χ3v) is 2.24. The summed E-state index contributed by atoms with van der Waals surface area (Å²) in [5.74, 6) is 0.398. The van der Waals surface area contributed by atoms with Crippen molar-refractivity contribution >= 4 is 5.97 Å². The lowest BCUT2D eigenvalue weighted by Gasteiger charge is -2.12. The number of pyridine rings is 1. The van der Waals surface area contributed by atoms with E-state index in [1.807, 2.05) is 13.8 Å². The first-order valence-electron chi connectivity index (χ1n) is 5.31. The van der Waals surface area contributed by atoms with Crippen LogP contribution < -0.4 is 4.74 Å². The molecule has 4 heteroatoms. The van der Waals surface area contributed by atoms with Crippen LogP contribution in [0, 0.1) is 0 Å². The Labute approximate surface area is 95.6 Å². The maximum Gasteiger partial charge on any atom is 0.339 e. The highest BCUT2D eigenvalue weighted by atomic mass is 16.5. The topological polar surface area (TPSA) is 48.4 Å². The highest BCUT2D eigenvalue weighted by molar-refractivity contribution is 5.91. The molecule has 0 unspecified atom stereocenters. The molecule has 1 rings (SSSR count). The molecule has 0 aliphatic heterocycles. The van der Waals surface area contributed by atoms with Crippen LogP contribution in [-0.4, -0.2) is 24.7 Å². The number of aromatic nitrogens is 1. The number of hydrogen-bond donors (Lipinski definition) is 0. The van der Waals surface area contributed by atoms with E-state index in [4.69, 9.17) is 9.47 Å². The molecular weight excluding hydrogens is 206 g/mol. The van der Waals surface area contributed by atoms with Crippen molar-refractivity contribution in [3.8, 4) is 5.88 Å². The molecule has 4 nitrogen and oxygen atoms in total. The van der Waals surface area contributed by atoms with E-state index >= 15 is 0 Å². The summed E-state index contributed by atoms with van der Waals surface area (Å²) in [7, 11) is 1.55. The van der Waals surface area contributed by atoms with Gasteiger partial charge in [-0.25, -0.2) is 9.78 Å². The zero-order chi connectivity index (χ0) is 12.1. The third kappa shape index (κ3) is 2.72. The molecule has 1 heterocycles. The highest BCUT2D eigenvalue weighted by Gasteiger charge is 2.16. The van der Waals surface area contributed by atoms with Crippen LogP contribution in [0.4, 0.5) is 0 Å². The van der Waals surface area contributed by atoms with E-state index in [1.165, 1.54) is 6.20 Å². The van der Waals surface area contributed by atoms with Crippen molar-refractivity contribution < 1.29 is 14.3 Å². The van der Waals surface area contributed by atoms with Gasteiger partial charge in [0.15, 0.2) is 0 Å². The van der Waals surface area contributed by atoms with Crippen LogP contribution >= 0.6 is 0 Å². The molecule has 0 saturated carbocycles. The summed E-state index contributed by atoms with van der Waals surface area (Å²) in [6.07, 6.45) is 1.51. The fraction of sp³-hybridized carbons (Fsp3) is 0.500. The Hall–Kier alpha value is -1.58. The van der Waals surface area contributed by atoms with E-state index in [9.17, 15) is 4.79 Å². The van der Waals surface area contributed by atoms with Gasteiger partial charge in [0.1, 0.15) is 0 Å². The van der Waals surface area contributed by atoms with Gasteiger partial charge in [-0.3, -0.25) is 0 Å². The molecule has 0 saturated heterocycles. The number of ether oxygens (including phenoxy) is 2. The van der Waals surface area contributed by atoms with Crippen LogP contribution in [0.3, 0.4) is 0 Å².